The van der Waals surface area contributed by atoms with Crippen molar-refractivity contribution in [3.8, 4) is 5.75 Å². The molecule has 0 bridgehead atoms. The molecule has 17 heavy (non-hydrogen) atoms. The molecule has 0 heterocycles. The van der Waals surface area contributed by atoms with Crippen LogP contribution in [0.4, 0.5) is 0 Å². The summed E-state index contributed by atoms with van der Waals surface area (Å²) < 4.78 is 5.22. The number of hydrogen-bond acceptors (Lipinski definition) is 2. The van der Waals surface area contributed by atoms with Crippen LogP contribution in [0.15, 0.2) is 18.2 Å². The average Bonchev–Trinajstić information content (AvgIpc) is 2.27. The predicted molar refractivity (Wildman–Crippen MR) is 69.7 cm³/mol. The summed E-state index contributed by atoms with van der Waals surface area (Å²) in [6.07, 6.45) is 0. The molecule has 0 aliphatic heterocycles. The molecule has 1 aromatic carbocycles. The smallest absolute Gasteiger partial charge is 0.255 e. The van der Waals surface area contributed by atoms with Crippen LogP contribution in [0.25, 0.3) is 0 Å². The van der Waals surface area contributed by atoms with Gasteiger partial charge in [-0.2, -0.15) is 0 Å². The van der Waals surface area contributed by atoms with Gasteiger partial charge in [0.1, 0.15) is 5.75 Å². The Morgan fingerprint density at radius 3 is 2.47 bits per heavy atom. The molecule has 1 aromatic rings. The van der Waals surface area contributed by atoms with E-state index in [1.165, 1.54) is 0 Å². The molecule has 0 spiro atoms. The summed E-state index contributed by atoms with van der Waals surface area (Å²) in [5.74, 6) is 0.527. The predicted octanol–water partition coefficient (Wildman–Crippen LogP) is 2.74. The third-order valence-electron chi connectivity index (χ3n) is 2.65. The standard InChI is InChI=1S/C14H21NO2/c1-6-15-13(16)11-9-10(14(2,3)4)7-8-12(11)17-5/h7-9H,6H2,1-5H3,(H,15,16). The molecule has 0 saturated heterocycles. The van der Waals surface area contributed by atoms with Gasteiger partial charge in [0, 0.05) is 6.54 Å². The average molecular weight is 235 g/mol. The molecule has 0 atom stereocenters. The number of benzene rings is 1. The quantitative estimate of drug-likeness (QED) is 0.874. The topological polar surface area (TPSA) is 38.3 Å². The van der Waals surface area contributed by atoms with E-state index in [9.17, 15) is 4.79 Å². The molecule has 94 valence electrons. The van der Waals surface area contributed by atoms with E-state index in [1.54, 1.807) is 7.11 Å². The van der Waals surface area contributed by atoms with Gasteiger partial charge in [0.05, 0.1) is 12.7 Å². The van der Waals surface area contributed by atoms with Crippen molar-refractivity contribution in [2.75, 3.05) is 13.7 Å². The Hall–Kier alpha value is -1.51. The monoisotopic (exact) mass is 235 g/mol. The number of hydrogen-bond donors (Lipinski definition) is 1. The van der Waals surface area contributed by atoms with Crippen LogP contribution in [-0.4, -0.2) is 19.6 Å². The Morgan fingerprint density at radius 2 is 2.00 bits per heavy atom. The Labute approximate surface area is 103 Å². The SMILES string of the molecule is CCNC(=O)c1cc(C(C)(C)C)ccc1OC. The van der Waals surface area contributed by atoms with E-state index >= 15 is 0 Å². The summed E-state index contributed by atoms with van der Waals surface area (Å²) in [4.78, 5) is 11.9. The van der Waals surface area contributed by atoms with Crippen molar-refractivity contribution in [2.24, 2.45) is 0 Å². The molecule has 0 aromatic heterocycles. The van der Waals surface area contributed by atoms with E-state index < -0.39 is 0 Å². The van der Waals surface area contributed by atoms with Crippen LogP contribution in [0.5, 0.6) is 5.75 Å². The largest absolute Gasteiger partial charge is 0.496 e. The fraction of sp³-hybridized carbons (Fsp3) is 0.500. The molecule has 0 aliphatic carbocycles. The van der Waals surface area contributed by atoms with Gasteiger partial charge in [-0.25, -0.2) is 0 Å². The van der Waals surface area contributed by atoms with E-state index in [-0.39, 0.29) is 11.3 Å². The third kappa shape index (κ3) is 3.22. The van der Waals surface area contributed by atoms with Gasteiger partial charge >= 0.3 is 0 Å². The maximum atomic E-state index is 11.9. The molecule has 0 saturated carbocycles. The van der Waals surface area contributed by atoms with Crippen LogP contribution < -0.4 is 10.1 Å². The van der Waals surface area contributed by atoms with Crippen LogP contribution in [0.1, 0.15) is 43.6 Å². The highest BCUT2D eigenvalue weighted by molar-refractivity contribution is 5.97. The number of carbonyl (C=O) groups is 1. The molecule has 0 radical (unpaired) electrons. The number of carbonyl (C=O) groups excluding carboxylic acids is 1. The summed E-state index contributed by atoms with van der Waals surface area (Å²) in [5.41, 5.74) is 1.74. The number of ether oxygens (including phenoxy) is 1. The molecule has 1 amide bonds. The van der Waals surface area contributed by atoms with E-state index in [0.29, 0.717) is 17.9 Å². The van der Waals surface area contributed by atoms with Gasteiger partial charge < -0.3 is 10.1 Å². The molecule has 1 rings (SSSR count). The molecule has 1 N–H and O–H groups in total. The number of rotatable bonds is 3. The Kier molecular flexibility index (Phi) is 4.16. The second-order valence-corrected chi connectivity index (χ2v) is 5.02. The van der Waals surface area contributed by atoms with E-state index in [1.807, 2.05) is 25.1 Å². The van der Waals surface area contributed by atoms with Crippen LogP contribution in [0, 0.1) is 0 Å². The maximum Gasteiger partial charge on any atom is 0.255 e. The van der Waals surface area contributed by atoms with Crippen molar-refractivity contribution in [2.45, 2.75) is 33.1 Å². The number of methoxy groups -OCH3 is 1. The van der Waals surface area contributed by atoms with Gasteiger partial charge in [-0.3, -0.25) is 4.79 Å². The molecule has 0 aliphatic rings. The molecule has 3 nitrogen and oxygen atoms in total. The summed E-state index contributed by atoms with van der Waals surface area (Å²) in [7, 11) is 1.58. The zero-order valence-electron chi connectivity index (χ0n) is 11.3. The normalized spacial score (nSPS) is 11.1. The Bertz CT molecular complexity index is 405. The highest BCUT2D eigenvalue weighted by Gasteiger charge is 2.18. The molecular formula is C14H21NO2. The fourth-order valence-electron chi connectivity index (χ4n) is 1.61. The first-order valence-electron chi connectivity index (χ1n) is 5.87. The van der Waals surface area contributed by atoms with Crippen LogP contribution in [0.3, 0.4) is 0 Å². The second kappa shape index (κ2) is 5.21. The lowest BCUT2D eigenvalue weighted by molar-refractivity contribution is 0.0952. The molecule has 0 fully saturated rings. The van der Waals surface area contributed by atoms with Crippen molar-refractivity contribution in [3.63, 3.8) is 0 Å². The van der Waals surface area contributed by atoms with Crippen LogP contribution >= 0.6 is 0 Å². The first-order valence-corrected chi connectivity index (χ1v) is 5.87. The van der Waals surface area contributed by atoms with Crippen LogP contribution in [0.2, 0.25) is 0 Å². The zero-order valence-corrected chi connectivity index (χ0v) is 11.3. The molecule has 0 unspecified atom stereocenters. The number of amides is 1. The highest BCUT2D eigenvalue weighted by Crippen LogP contribution is 2.27. The first-order chi connectivity index (χ1) is 7.90. The van der Waals surface area contributed by atoms with E-state index in [0.717, 1.165) is 5.56 Å². The van der Waals surface area contributed by atoms with Crippen LogP contribution in [-0.2, 0) is 5.41 Å². The lowest BCUT2D eigenvalue weighted by atomic mass is 9.86. The minimum Gasteiger partial charge on any atom is -0.496 e. The third-order valence-corrected chi connectivity index (χ3v) is 2.65. The maximum absolute atomic E-state index is 11.9. The van der Waals surface area contributed by atoms with Gasteiger partial charge in [0.2, 0.25) is 0 Å². The minimum absolute atomic E-state index is 0.0213. The van der Waals surface area contributed by atoms with Crippen molar-refractivity contribution in [1.82, 2.24) is 5.32 Å². The minimum atomic E-state index is -0.0875. The van der Waals surface area contributed by atoms with Gasteiger partial charge in [-0.05, 0) is 30.0 Å². The van der Waals surface area contributed by atoms with E-state index in [4.69, 9.17) is 4.74 Å². The van der Waals surface area contributed by atoms with E-state index in [2.05, 4.69) is 26.1 Å². The Balaban J connectivity index is 3.20. The first kappa shape index (κ1) is 13.6. The van der Waals surface area contributed by atoms with Gasteiger partial charge in [-0.15, -0.1) is 0 Å². The summed E-state index contributed by atoms with van der Waals surface area (Å²) in [6.45, 7) is 8.88. The molecule has 3 heteroatoms. The lowest BCUT2D eigenvalue weighted by Crippen LogP contribution is -2.24. The fourth-order valence-corrected chi connectivity index (χ4v) is 1.61. The summed E-state index contributed by atoms with van der Waals surface area (Å²) in [5, 5.41) is 2.80. The summed E-state index contributed by atoms with van der Waals surface area (Å²) in [6, 6.07) is 5.76. The van der Waals surface area contributed by atoms with Gasteiger partial charge in [0.15, 0.2) is 0 Å². The zero-order chi connectivity index (χ0) is 13.1. The second-order valence-electron chi connectivity index (χ2n) is 5.02. The number of nitrogens with one attached hydrogen (secondary N) is 1. The van der Waals surface area contributed by atoms with Crippen molar-refractivity contribution in [1.29, 1.82) is 0 Å². The van der Waals surface area contributed by atoms with Gasteiger partial charge in [-0.1, -0.05) is 26.8 Å². The summed E-state index contributed by atoms with van der Waals surface area (Å²) >= 11 is 0. The van der Waals surface area contributed by atoms with Gasteiger partial charge in [0.25, 0.3) is 5.91 Å². The van der Waals surface area contributed by atoms with Crippen molar-refractivity contribution >= 4 is 5.91 Å². The lowest BCUT2D eigenvalue weighted by Gasteiger charge is -2.20. The van der Waals surface area contributed by atoms with Crippen molar-refractivity contribution < 1.29 is 9.53 Å². The van der Waals surface area contributed by atoms with Crippen molar-refractivity contribution in [3.05, 3.63) is 29.3 Å². The Morgan fingerprint density at radius 1 is 1.35 bits per heavy atom. The molecular weight excluding hydrogens is 214 g/mol. The highest BCUT2D eigenvalue weighted by atomic mass is 16.5.